The molecule has 7 nitrogen and oxygen atoms in total. The average molecular weight is 423 g/mol. The Hall–Kier alpha value is -3.08. The molecule has 1 aromatic heterocycles. The first-order valence-electron chi connectivity index (χ1n) is 8.48. The van der Waals surface area contributed by atoms with Crippen molar-refractivity contribution in [2.24, 2.45) is 0 Å². The third-order valence-electron chi connectivity index (χ3n) is 3.64. The van der Waals surface area contributed by atoms with Crippen molar-refractivity contribution in [1.29, 1.82) is 0 Å². The molecule has 29 heavy (non-hydrogen) atoms. The van der Waals surface area contributed by atoms with Gasteiger partial charge in [0, 0.05) is 5.69 Å². The maximum Gasteiger partial charge on any atom is 0.416 e. The van der Waals surface area contributed by atoms with Crippen molar-refractivity contribution in [3.05, 3.63) is 54.1 Å². The van der Waals surface area contributed by atoms with E-state index in [1.807, 2.05) is 6.92 Å². The second-order valence-corrected chi connectivity index (χ2v) is 6.66. The van der Waals surface area contributed by atoms with Crippen molar-refractivity contribution in [2.75, 3.05) is 17.7 Å². The zero-order valence-electron chi connectivity index (χ0n) is 15.2. The van der Waals surface area contributed by atoms with Crippen LogP contribution < -0.4 is 10.1 Å². The zero-order valence-corrected chi connectivity index (χ0v) is 16.0. The van der Waals surface area contributed by atoms with E-state index in [0.717, 1.165) is 23.9 Å². The molecule has 0 aliphatic carbocycles. The zero-order chi connectivity index (χ0) is 20.9. The lowest BCUT2D eigenvalue weighted by atomic mass is 10.2. The van der Waals surface area contributed by atoms with Crippen LogP contribution in [-0.2, 0) is 11.0 Å². The molecular formula is C18H16F3N5O2S. The average Bonchev–Trinajstić information content (AvgIpc) is 3.15. The van der Waals surface area contributed by atoms with Crippen LogP contribution in [0.15, 0.2) is 53.7 Å². The fraction of sp³-hybridized carbons (Fsp3) is 0.222. The number of hydrogen-bond acceptors (Lipinski definition) is 6. The molecule has 1 heterocycles. The molecule has 0 aliphatic rings. The summed E-state index contributed by atoms with van der Waals surface area (Å²) >= 11 is 1.06. The van der Waals surface area contributed by atoms with Gasteiger partial charge in [0.25, 0.3) is 0 Å². The van der Waals surface area contributed by atoms with E-state index in [1.54, 1.807) is 24.3 Å². The predicted molar refractivity (Wildman–Crippen MR) is 101 cm³/mol. The van der Waals surface area contributed by atoms with Crippen molar-refractivity contribution in [1.82, 2.24) is 20.2 Å². The lowest BCUT2D eigenvalue weighted by molar-refractivity contribution is -0.137. The Kier molecular flexibility index (Phi) is 6.37. The van der Waals surface area contributed by atoms with Crippen molar-refractivity contribution in [3.63, 3.8) is 0 Å². The Morgan fingerprint density at radius 3 is 2.66 bits per heavy atom. The number of amides is 1. The molecule has 0 saturated carbocycles. The van der Waals surface area contributed by atoms with Gasteiger partial charge in [0.05, 0.1) is 23.6 Å². The summed E-state index contributed by atoms with van der Waals surface area (Å²) in [5.74, 6) is 0.155. The summed E-state index contributed by atoms with van der Waals surface area (Å²) in [6.45, 7) is 2.43. The van der Waals surface area contributed by atoms with E-state index in [2.05, 4.69) is 20.8 Å². The van der Waals surface area contributed by atoms with Gasteiger partial charge >= 0.3 is 6.18 Å². The Labute approximate surface area is 168 Å². The van der Waals surface area contributed by atoms with E-state index < -0.39 is 17.6 Å². The monoisotopic (exact) mass is 423 g/mol. The second kappa shape index (κ2) is 8.95. The van der Waals surface area contributed by atoms with Crippen molar-refractivity contribution in [2.45, 2.75) is 18.3 Å². The van der Waals surface area contributed by atoms with Gasteiger partial charge in [0.1, 0.15) is 5.75 Å². The van der Waals surface area contributed by atoms with Crippen LogP contribution in [0.3, 0.4) is 0 Å². The van der Waals surface area contributed by atoms with Crippen molar-refractivity contribution in [3.8, 4) is 11.4 Å². The molecule has 0 fully saturated rings. The molecule has 0 atom stereocenters. The van der Waals surface area contributed by atoms with Gasteiger partial charge in [0.2, 0.25) is 11.1 Å². The van der Waals surface area contributed by atoms with E-state index in [1.165, 1.54) is 16.8 Å². The summed E-state index contributed by atoms with van der Waals surface area (Å²) in [5, 5.41) is 14.2. The third kappa shape index (κ3) is 5.47. The minimum absolute atomic E-state index is 0.0662. The quantitative estimate of drug-likeness (QED) is 0.582. The maximum absolute atomic E-state index is 12.8. The fourth-order valence-electron chi connectivity index (χ4n) is 2.38. The molecule has 0 unspecified atom stereocenters. The van der Waals surface area contributed by atoms with Crippen LogP contribution in [0.1, 0.15) is 12.5 Å². The van der Waals surface area contributed by atoms with Gasteiger partial charge in [-0.05, 0) is 59.8 Å². The number of rotatable bonds is 7. The minimum atomic E-state index is -4.48. The highest BCUT2D eigenvalue weighted by Gasteiger charge is 2.30. The third-order valence-corrected chi connectivity index (χ3v) is 4.56. The summed E-state index contributed by atoms with van der Waals surface area (Å²) in [7, 11) is 0. The van der Waals surface area contributed by atoms with Gasteiger partial charge in [-0.1, -0.05) is 17.8 Å². The number of carbonyl (C=O) groups excluding carboxylic acids is 1. The highest BCUT2D eigenvalue weighted by Crippen LogP contribution is 2.30. The first kappa shape index (κ1) is 20.6. The van der Waals surface area contributed by atoms with Crippen LogP contribution in [0.25, 0.3) is 5.69 Å². The van der Waals surface area contributed by atoms with Gasteiger partial charge in [-0.3, -0.25) is 4.79 Å². The van der Waals surface area contributed by atoms with E-state index in [-0.39, 0.29) is 11.4 Å². The molecule has 1 N–H and O–H groups in total. The van der Waals surface area contributed by atoms with Gasteiger partial charge in [-0.25, -0.2) is 0 Å². The molecule has 0 aliphatic heterocycles. The Morgan fingerprint density at radius 2 is 1.97 bits per heavy atom. The summed E-state index contributed by atoms with van der Waals surface area (Å²) in [5.41, 5.74) is -0.0850. The molecular weight excluding hydrogens is 407 g/mol. The second-order valence-electron chi connectivity index (χ2n) is 5.72. The first-order valence-corrected chi connectivity index (χ1v) is 9.47. The van der Waals surface area contributed by atoms with Gasteiger partial charge in [-0.2, -0.15) is 17.9 Å². The van der Waals surface area contributed by atoms with Crippen molar-refractivity contribution < 1.29 is 22.7 Å². The summed E-state index contributed by atoms with van der Waals surface area (Å²) in [6, 6.07) is 11.5. The van der Waals surface area contributed by atoms with Crippen LogP contribution >= 0.6 is 11.8 Å². The summed E-state index contributed by atoms with van der Waals surface area (Å²) in [4.78, 5) is 12.1. The van der Waals surface area contributed by atoms with Gasteiger partial charge in [0.15, 0.2) is 0 Å². The highest BCUT2D eigenvalue weighted by atomic mass is 32.2. The topological polar surface area (TPSA) is 81.9 Å². The van der Waals surface area contributed by atoms with Crippen LogP contribution in [-0.4, -0.2) is 38.5 Å². The van der Waals surface area contributed by atoms with Gasteiger partial charge < -0.3 is 10.1 Å². The first-order chi connectivity index (χ1) is 13.9. The predicted octanol–water partition coefficient (Wildman–Crippen LogP) is 3.81. The van der Waals surface area contributed by atoms with E-state index in [9.17, 15) is 18.0 Å². The van der Waals surface area contributed by atoms with Crippen molar-refractivity contribution >= 4 is 23.4 Å². The summed E-state index contributed by atoms with van der Waals surface area (Å²) < 4.78 is 45.1. The number of carbonyl (C=O) groups is 1. The van der Waals surface area contributed by atoms with Crippen LogP contribution in [0.5, 0.6) is 5.75 Å². The fourth-order valence-corrected chi connectivity index (χ4v) is 3.07. The number of anilines is 1. The maximum atomic E-state index is 12.8. The van der Waals surface area contributed by atoms with Crippen LogP contribution in [0.4, 0.5) is 18.9 Å². The number of benzene rings is 2. The number of thioether (sulfide) groups is 1. The normalized spacial score (nSPS) is 11.3. The number of ether oxygens (including phenoxy) is 1. The molecule has 2 aromatic carbocycles. The number of aromatic nitrogens is 4. The summed E-state index contributed by atoms with van der Waals surface area (Å²) in [6.07, 6.45) is -4.48. The Morgan fingerprint density at radius 1 is 1.21 bits per heavy atom. The molecule has 0 spiro atoms. The lowest BCUT2D eigenvalue weighted by Gasteiger charge is -2.10. The van der Waals surface area contributed by atoms with Crippen LogP contribution in [0, 0.1) is 0 Å². The Bertz CT molecular complexity index is 976. The van der Waals surface area contributed by atoms with Crippen LogP contribution in [0.2, 0.25) is 0 Å². The number of hydrogen-bond donors (Lipinski definition) is 1. The molecule has 0 bridgehead atoms. The number of tetrazole rings is 1. The molecule has 152 valence electrons. The molecule has 1 amide bonds. The smallest absolute Gasteiger partial charge is 0.416 e. The van der Waals surface area contributed by atoms with E-state index in [4.69, 9.17) is 4.74 Å². The number of nitrogens with one attached hydrogen (secondary N) is 1. The Balaban J connectivity index is 1.62. The van der Waals surface area contributed by atoms with E-state index >= 15 is 0 Å². The number of alkyl halides is 3. The van der Waals surface area contributed by atoms with E-state index in [0.29, 0.717) is 23.2 Å². The molecule has 0 saturated heterocycles. The number of halogens is 3. The molecule has 0 radical (unpaired) electrons. The largest absolute Gasteiger partial charge is 0.494 e. The standard InChI is InChI=1S/C18H16F3N5O2S/c1-2-28-15-8-6-14(7-9-15)26-17(23-24-25-26)29-11-16(27)22-13-5-3-4-12(10-13)18(19,20)21/h3-10H,2,11H2,1H3,(H,22,27). The lowest BCUT2D eigenvalue weighted by Crippen LogP contribution is -2.15. The minimum Gasteiger partial charge on any atom is -0.494 e. The molecule has 3 aromatic rings. The molecule has 3 rings (SSSR count). The SMILES string of the molecule is CCOc1ccc(-n2nnnc2SCC(=O)Nc2cccc(C(F)(F)F)c2)cc1. The van der Waals surface area contributed by atoms with Gasteiger partial charge in [-0.15, -0.1) is 5.10 Å². The molecule has 11 heteroatoms. The number of nitrogens with zero attached hydrogens (tertiary/aromatic N) is 4. The highest BCUT2D eigenvalue weighted by molar-refractivity contribution is 7.99.